The quantitative estimate of drug-likeness (QED) is 0.864. The number of amides is 1. The van der Waals surface area contributed by atoms with Crippen LogP contribution in [-0.2, 0) is 16.1 Å². The second-order valence-corrected chi connectivity index (χ2v) is 6.95. The van der Waals surface area contributed by atoms with Crippen molar-refractivity contribution in [1.82, 2.24) is 9.80 Å². The number of likely N-dealkylation sites (N-methyl/N-ethyl adjacent to an activating group) is 1. The fourth-order valence-electron chi connectivity index (χ4n) is 3.95. The molecule has 0 unspecified atom stereocenters. The van der Waals surface area contributed by atoms with Crippen LogP contribution < -0.4 is 0 Å². The second-order valence-electron chi connectivity index (χ2n) is 6.95. The maximum atomic E-state index is 12.1. The number of carbonyl (C=O) groups is 1. The summed E-state index contributed by atoms with van der Waals surface area (Å²) in [5.74, 6) is 0.194. The monoisotopic (exact) mass is 336 g/mol. The van der Waals surface area contributed by atoms with Gasteiger partial charge in [-0.25, -0.2) is 0 Å². The highest BCUT2D eigenvalue weighted by molar-refractivity contribution is 5.76. The van der Waals surface area contributed by atoms with Gasteiger partial charge in [0.25, 0.3) is 0 Å². The summed E-state index contributed by atoms with van der Waals surface area (Å²) < 4.78 is 5.95. The average Bonchev–Trinajstić information content (AvgIpc) is 2.99. The Hall–Kier alpha value is -2.17. The summed E-state index contributed by atoms with van der Waals surface area (Å²) >= 11 is 0. The number of benzene rings is 2. The minimum Gasteiger partial charge on any atom is -0.374 e. The Morgan fingerprint density at radius 2 is 1.80 bits per heavy atom. The molecule has 2 atom stereocenters. The van der Waals surface area contributed by atoms with Gasteiger partial charge in [-0.05, 0) is 16.7 Å². The van der Waals surface area contributed by atoms with Crippen LogP contribution in [0.5, 0.6) is 0 Å². The van der Waals surface area contributed by atoms with E-state index in [1.54, 1.807) is 0 Å². The van der Waals surface area contributed by atoms with Crippen molar-refractivity contribution in [2.45, 2.75) is 25.1 Å². The Labute approximate surface area is 149 Å². The third-order valence-corrected chi connectivity index (χ3v) is 5.35. The number of hydrogen-bond acceptors (Lipinski definition) is 3. The van der Waals surface area contributed by atoms with Crippen molar-refractivity contribution in [3.63, 3.8) is 0 Å². The maximum absolute atomic E-state index is 12.1. The lowest BCUT2D eigenvalue weighted by Crippen LogP contribution is -2.42. The lowest BCUT2D eigenvalue weighted by molar-refractivity contribution is -0.131. The van der Waals surface area contributed by atoms with Crippen LogP contribution in [0.3, 0.4) is 0 Å². The predicted octanol–water partition coefficient (Wildman–Crippen LogP) is 2.79. The van der Waals surface area contributed by atoms with Crippen LogP contribution in [0.2, 0.25) is 0 Å². The Kier molecular flexibility index (Phi) is 4.55. The van der Waals surface area contributed by atoms with E-state index in [4.69, 9.17) is 4.74 Å². The molecule has 130 valence electrons. The van der Waals surface area contributed by atoms with Gasteiger partial charge < -0.3 is 9.64 Å². The Bertz CT molecular complexity index is 747. The first-order chi connectivity index (χ1) is 12.2. The molecule has 25 heavy (non-hydrogen) atoms. The molecule has 0 bridgehead atoms. The molecule has 2 heterocycles. The lowest BCUT2D eigenvalue weighted by atomic mass is 9.99. The Morgan fingerprint density at radius 3 is 2.64 bits per heavy atom. The summed E-state index contributed by atoms with van der Waals surface area (Å²) in [5.41, 5.74) is 3.84. The molecule has 0 radical (unpaired) electrons. The van der Waals surface area contributed by atoms with Crippen molar-refractivity contribution in [1.29, 1.82) is 0 Å². The molecule has 0 spiro atoms. The highest BCUT2D eigenvalue weighted by atomic mass is 16.5. The van der Waals surface area contributed by atoms with Crippen LogP contribution in [0.1, 0.15) is 12.0 Å². The molecule has 2 saturated heterocycles. The smallest absolute Gasteiger partial charge is 0.225 e. The summed E-state index contributed by atoms with van der Waals surface area (Å²) in [5, 5.41) is 0. The number of hydrogen-bond donors (Lipinski definition) is 0. The lowest BCUT2D eigenvalue weighted by Gasteiger charge is -2.25. The molecule has 0 aromatic heterocycles. The van der Waals surface area contributed by atoms with Crippen LogP contribution >= 0.6 is 0 Å². The molecular weight excluding hydrogens is 312 g/mol. The van der Waals surface area contributed by atoms with Crippen LogP contribution in [0.25, 0.3) is 11.1 Å². The molecule has 0 aliphatic carbocycles. The molecule has 2 aliphatic heterocycles. The number of fused-ring (bicyclic) bond motifs is 1. The van der Waals surface area contributed by atoms with Gasteiger partial charge in [0.1, 0.15) is 0 Å². The number of likely N-dealkylation sites (tertiary alicyclic amines) is 1. The Morgan fingerprint density at radius 1 is 1.04 bits per heavy atom. The van der Waals surface area contributed by atoms with E-state index >= 15 is 0 Å². The van der Waals surface area contributed by atoms with Gasteiger partial charge in [-0.2, -0.15) is 0 Å². The Balaban J connectivity index is 1.54. The number of ether oxygens (including phenoxy) is 1. The zero-order chi connectivity index (χ0) is 17.2. The summed E-state index contributed by atoms with van der Waals surface area (Å²) in [6.07, 6.45) is 0.626. The van der Waals surface area contributed by atoms with Gasteiger partial charge in [-0.1, -0.05) is 54.6 Å². The third-order valence-electron chi connectivity index (χ3n) is 5.35. The van der Waals surface area contributed by atoms with Crippen LogP contribution in [0.15, 0.2) is 54.6 Å². The van der Waals surface area contributed by atoms with Gasteiger partial charge in [0.15, 0.2) is 0 Å². The van der Waals surface area contributed by atoms with Crippen LogP contribution in [0.4, 0.5) is 0 Å². The fourth-order valence-corrected chi connectivity index (χ4v) is 3.95. The zero-order valence-electron chi connectivity index (χ0n) is 14.6. The highest BCUT2D eigenvalue weighted by Gasteiger charge is 2.39. The molecular formula is C21H24N2O2. The number of carbonyl (C=O) groups excluding carboxylic acids is 1. The molecule has 0 saturated carbocycles. The van der Waals surface area contributed by atoms with Crippen LogP contribution in [-0.4, -0.2) is 54.6 Å². The molecule has 2 aromatic rings. The minimum absolute atomic E-state index is 0.125. The number of nitrogens with zero attached hydrogens (tertiary/aromatic N) is 2. The zero-order valence-corrected chi connectivity index (χ0v) is 14.6. The SMILES string of the molecule is CN1C(=O)CCO[C@H]2CN(Cc3ccccc3-c3ccccc3)C[C@@H]21. The van der Waals surface area contributed by atoms with E-state index in [1.165, 1.54) is 16.7 Å². The topological polar surface area (TPSA) is 32.8 Å². The highest BCUT2D eigenvalue weighted by Crippen LogP contribution is 2.28. The molecule has 2 fully saturated rings. The standard InChI is InChI=1S/C21H24N2O2/c1-22-19-14-23(15-20(19)25-12-11-21(22)24)13-17-9-5-6-10-18(17)16-7-3-2-4-8-16/h2-10,19-20H,11-15H2,1H3/t19-,20-/m0/s1. The normalized spacial score (nSPS) is 24.2. The molecule has 1 amide bonds. The van der Waals surface area contributed by atoms with Gasteiger partial charge in [0.05, 0.1) is 25.2 Å². The van der Waals surface area contributed by atoms with Crippen molar-refractivity contribution >= 4 is 5.91 Å². The summed E-state index contributed by atoms with van der Waals surface area (Å²) in [6, 6.07) is 19.3. The molecule has 4 nitrogen and oxygen atoms in total. The summed E-state index contributed by atoms with van der Waals surface area (Å²) in [7, 11) is 1.91. The maximum Gasteiger partial charge on any atom is 0.225 e. The molecule has 0 N–H and O–H groups in total. The largest absolute Gasteiger partial charge is 0.374 e. The van der Waals surface area contributed by atoms with Crippen molar-refractivity contribution in [2.75, 3.05) is 26.7 Å². The van der Waals surface area contributed by atoms with Crippen molar-refractivity contribution in [3.05, 3.63) is 60.2 Å². The van der Waals surface area contributed by atoms with Crippen LogP contribution in [0, 0.1) is 0 Å². The predicted molar refractivity (Wildman–Crippen MR) is 98.1 cm³/mol. The molecule has 4 heteroatoms. The van der Waals surface area contributed by atoms with Gasteiger partial charge >= 0.3 is 0 Å². The van der Waals surface area contributed by atoms with E-state index in [2.05, 4.69) is 53.4 Å². The van der Waals surface area contributed by atoms with Gasteiger partial charge in [0, 0.05) is 26.7 Å². The minimum atomic E-state index is 0.125. The van der Waals surface area contributed by atoms with Crippen molar-refractivity contribution < 1.29 is 9.53 Å². The first-order valence-corrected chi connectivity index (χ1v) is 8.95. The molecule has 2 aliphatic rings. The van der Waals surface area contributed by atoms with E-state index in [9.17, 15) is 4.79 Å². The first-order valence-electron chi connectivity index (χ1n) is 8.95. The van der Waals surface area contributed by atoms with E-state index in [-0.39, 0.29) is 18.1 Å². The van der Waals surface area contributed by atoms with E-state index in [1.807, 2.05) is 18.0 Å². The summed E-state index contributed by atoms with van der Waals surface area (Å²) in [6.45, 7) is 3.17. The van der Waals surface area contributed by atoms with Gasteiger partial charge in [0.2, 0.25) is 5.91 Å². The second kappa shape index (κ2) is 6.98. The van der Waals surface area contributed by atoms with E-state index in [0.717, 1.165) is 19.6 Å². The van der Waals surface area contributed by atoms with Gasteiger partial charge in [-0.15, -0.1) is 0 Å². The van der Waals surface area contributed by atoms with Crippen molar-refractivity contribution in [3.8, 4) is 11.1 Å². The third kappa shape index (κ3) is 3.32. The first kappa shape index (κ1) is 16.3. The molecule has 2 aromatic carbocycles. The van der Waals surface area contributed by atoms with E-state index < -0.39 is 0 Å². The van der Waals surface area contributed by atoms with Gasteiger partial charge in [-0.3, -0.25) is 9.69 Å². The summed E-state index contributed by atoms with van der Waals surface area (Å²) in [4.78, 5) is 16.4. The number of rotatable bonds is 3. The molecule has 4 rings (SSSR count). The average molecular weight is 336 g/mol. The van der Waals surface area contributed by atoms with E-state index in [0.29, 0.717) is 13.0 Å². The van der Waals surface area contributed by atoms with Crippen molar-refractivity contribution in [2.24, 2.45) is 0 Å². The fraction of sp³-hybridized carbons (Fsp3) is 0.381.